The van der Waals surface area contributed by atoms with Gasteiger partial charge in [0, 0.05) is 4.70 Å². The first kappa shape index (κ1) is 13.9. The lowest BCUT2D eigenvalue weighted by molar-refractivity contribution is 0.440. The van der Waals surface area contributed by atoms with Crippen LogP contribution < -0.4 is 0 Å². The van der Waals surface area contributed by atoms with E-state index in [2.05, 4.69) is 29.6 Å². The summed E-state index contributed by atoms with van der Waals surface area (Å²) in [6.45, 7) is 1.07. The van der Waals surface area contributed by atoms with Crippen LogP contribution >= 0.6 is 11.3 Å². The molecule has 0 atom stereocenters. The van der Waals surface area contributed by atoms with Crippen molar-refractivity contribution in [3.8, 4) is 0 Å². The first-order chi connectivity index (χ1) is 10.4. The Morgan fingerprint density at radius 2 is 1.71 bits per heavy atom. The third-order valence-electron chi connectivity index (χ3n) is 6.06. The molecule has 2 aromatic rings. The van der Waals surface area contributed by atoms with E-state index in [9.17, 15) is 0 Å². The fourth-order valence-electron chi connectivity index (χ4n) is 5.04. The van der Waals surface area contributed by atoms with E-state index in [0.717, 1.165) is 18.3 Å². The van der Waals surface area contributed by atoms with Crippen molar-refractivity contribution in [1.82, 2.24) is 0 Å². The zero-order valence-electron chi connectivity index (χ0n) is 12.9. The van der Waals surface area contributed by atoms with Gasteiger partial charge < -0.3 is 0 Å². The number of thiophene rings is 1. The molecule has 2 aliphatic heterocycles. The molecule has 0 amide bonds. The number of hydrogen-bond donors (Lipinski definition) is 0. The van der Waals surface area contributed by atoms with Gasteiger partial charge in [-0.2, -0.15) is 0 Å². The zero-order valence-corrected chi connectivity index (χ0v) is 13.7. The summed E-state index contributed by atoms with van der Waals surface area (Å²) < 4.78 is 1.46. The first-order valence-electron chi connectivity index (χ1n) is 8.87. The lowest BCUT2D eigenvalue weighted by Crippen LogP contribution is -2.34. The molecule has 0 saturated carbocycles. The van der Waals surface area contributed by atoms with Crippen molar-refractivity contribution in [2.75, 3.05) is 0 Å². The molecule has 2 fully saturated rings. The predicted molar refractivity (Wildman–Crippen MR) is 95.9 cm³/mol. The van der Waals surface area contributed by atoms with Crippen LogP contribution in [0.5, 0.6) is 0 Å². The van der Waals surface area contributed by atoms with Crippen LogP contribution in [-0.4, -0.2) is 6.71 Å². The minimum atomic E-state index is 1.07. The van der Waals surface area contributed by atoms with E-state index >= 15 is 0 Å². The highest BCUT2D eigenvalue weighted by molar-refractivity contribution is 7.17. The van der Waals surface area contributed by atoms with Gasteiger partial charge >= 0.3 is 0 Å². The van der Waals surface area contributed by atoms with E-state index in [4.69, 9.17) is 0 Å². The number of fused-ring (bicyclic) bond motifs is 3. The van der Waals surface area contributed by atoms with Crippen LogP contribution in [0.2, 0.25) is 18.0 Å². The molecule has 4 rings (SSSR count). The summed E-state index contributed by atoms with van der Waals surface area (Å²) in [6.07, 6.45) is 13.3. The van der Waals surface area contributed by atoms with E-state index in [0.29, 0.717) is 0 Å². The summed E-state index contributed by atoms with van der Waals surface area (Å²) >= 11 is 1.92. The van der Waals surface area contributed by atoms with Gasteiger partial charge in [-0.1, -0.05) is 81.1 Å². The second kappa shape index (κ2) is 6.16. The van der Waals surface area contributed by atoms with Gasteiger partial charge in [0.15, 0.2) is 0 Å². The summed E-state index contributed by atoms with van der Waals surface area (Å²) in [6, 6.07) is 8.90. The minimum absolute atomic E-state index is 1.07. The summed E-state index contributed by atoms with van der Waals surface area (Å²) in [5, 5.41) is 3.90. The van der Waals surface area contributed by atoms with Crippen LogP contribution in [0.1, 0.15) is 50.5 Å². The molecule has 2 heteroatoms. The van der Waals surface area contributed by atoms with Crippen LogP contribution in [-0.2, 0) is 6.42 Å². The molecule has 1 aromatic heterocycles. The number of hydrogen-bond acceptors (Lipinski definition) is 1. The average molecular weight is 296 g/mol. The summed E-state index contributed by atoms with van der Waals surface area (Å²) in [5.74, 6) is 2.16. The molecule has 21 heavy (non-hydrogen) atoms. The lowest BCUT2D eigenvalue weighted by atomic mass is 9.26. The molecule has 2 saturated heterocycles. The molecule has 0 N–H and O–H groups in total. The van der Waals surface area contributed by atoms with Gasteiger partial charge in [-0.05, 0) is 28.8 Å². The van der Waals surface area contributed by atoms with Gasteiger partial charge in [-0.25, -0.2) is 0 Å². The second-order valence-electron chi connectivity index (χ2n) is 7.20. The topological polar surface area (TPSA) is 0 Å². The van der Waals surface area contributed by atoms with E-state index in [-0.39, 0.29) is 0 Å². The SMILES string of the molecule is c1ccc2c(CCCB3C4CCCC3CCC4)csc2c1. The van der Waals surface area contributed by atoms with Gasteiger partial charge in [0.25, 0.3) is 0 Å². The number of benzene rings is 1. The molecule has 0 aliphatic carbocycles. The Hall–Kier alpha value is -0.755. The van der Waals surface area contributed by atoms with Gasteiger partial charge in [0.1, 0.15) is 6.71 Å². The summed E-state index contributed by atoms with van der Waals surface area (Å²) in [4.78, 5) is 0. The van der Waals surface area contributed by atoms with Crippen LogP contribution in [0.25, 0.3) is 10.1 Å². The molecule has 3 heterocycles. The molecular formula is C19H25BS. The maximum absolute atomic E-state index is 2.40. The Bertz CT molecular complexity index is 580. The van der Waals surface area contributed by atoms with Crippen molar-refractivity contribution in [3.63, 3.8) is 0 Å². The predicted octanol–water partition coefficient (Wildman–Crippen LogP) is 6.44. The van der Waals surface area contributed by atoms with Crippen molar-refractivity contribution in [2.24, 2.45) is 0 Å². The molecule has 110 valence electrons. The normalized spacial score (nSPS) is 25.4. The second-order valence-corrected chi connectivity index (χ2v) is 8.11. The highest BCUT2D eigenvalue weighted by atomic mass is 32.1. The van der Waals surface area contributed by atoms with Crippen molar-refractivity contribution >= 4 is 28.1 Å². The average Bonchev–Trinajstić information content (AvgIpc) is 2.90. The maximum atomic E-state index is 2.40. The molecule has 2 bridgehead atoms. The molecule has 0 spiro atoms. The van der Waals surface area contributed by atoms with E-state index in [1.54, 1.807) is 5.56 Å². The number of aryl methyl sites for hydroxylation is 1. The Kier molecular flexibility index (Phi) is 4.07. The van der Waals surface area contributed by atoms with Crippen molar-refractivity contribution in [3.05, 3.63) is 35.2 Å². The Balaban J connectivity index is 1.39. The van der Waals surface area contributed by atoms with Crippen molar-refractivity contribution in [2.45, 2.75) is 69.3 Å². The fourth-order valence-corrected chi connectivity index (χ4v) is 6.04. The quantitative estimate of drug-likeness (QED) is 0.570. The standard InChI is InChI=1S/C19H25BS/c1-2-12-19-18(11-1)15(14-21-19)6-5-13-20-16-7-3-8-17(20)10-4-9-16/h1-2,11-12,14,16-17H,3-10,13H2. The van der Waals surface area contributed by atoms with E-state index < -0.39 is 0 Å². The minimum Gasteiger partial charge on any atom is -0.144 e. The molecule has 2 aliphatic rings. The maximum Gasteiger partial charge on any atom is 0.146 e. The third kappa shape index (κ3) is 2.80. The van der Waals surface area contributed by atoms with Gasteiger partial charge in [0.05, 0.1) is 0 Å². The molecule has 1 aromatic carbocycles. The monoisotopic (exact) mass is 296 g/mol. The molecule has 0 nitrogen and oxygen atoms in total. The van der Waals surface area contributed by atoms with Crippen molar-refractivity contribution < 1.29 is 0 Å². The van der Waals surface area contributed by atoms with Gasteiger partial charge in [-0.15, -0.1) is 11.3 Å². The molecule has 0 radical (unpaired) electrons. The van der Waals surface area contributed by atoms with Crippen LogP contribution in [0.4, 0.5) is 0 Å². The van der Waals surface area contributed by atoms with Crippen molar-refractivity contribution in [1.29, 1.82) is 0 Å². The number of rotatable bonds is 4. The van der Waals surface area contributed by atoms with Gasteiger partial charge in [0.2, 0.25) is 0 Å². The van der Waals surface area contributed by atoms with Crippen LogP contribution in [0, 0.1) is 0 Å². The largest absolute Gasteiger partial charge is 0.146 e. The third-order valence-corrected chi connectivity index (χ3v) is 7.07. The summed E-state index contributed by atoms with van der Waals surface area (Å²) in [5.41, 5.74) is 1.59. The van der Waals surface area contributed by atoms with E-state index in [1.807, 2.05) is 11.3 Å². The molecule has 0 unspecified atom stereocenters. The Labute approximate surface area is 133 Å². The Morgan fingerprint density at radius 3 is 2.48 bits per heavy atom. The highest BCUT2D eigenvalue weighted by Gasteiger charge is 2.38. The Morgan fingerprint density at radius 1 is 1.00 bits per heavy atom. The highest BCUT2D eigenvalue weighted by Crippen LogP contribution is 2.48. The van der Waals surface area contributed by atoms with Crippen LogP contribution in [0.15, 0.2) is 29.6 Å². The first-order valence-corrected chi connectivity index (χ1v) is 9.75. The smallest absolute Gasteiger partial charge is 0.144 e. The molecular weight excluding hydrogens is 271 g/mol. The van der Waals surface area contributed by atoms with Crippen LogP contribution in [0.3, 0.4) is 0 Å². The lowest BCUT2D eigenvalue weighted by Gasteiger charge is -2.40. The zero-order chi connectivity index (χ0) is 14.1. The van der Waals surface area contributed by atoms with E-state index in [1.165, 1.54) is 67.8 Å². The fraction of sp³-hybridized carbons (Fsp3) is 0.579. The summed E-state index contributed by atoms with van der Waals surface area (Å²) in [7, 11) is 0. The van der Waals surface area contributed by atoms with Gasteiger partial charge in [-0.3, -0.25) is 0 Å².